The first kappa shape index (κ1) is 17.1. The molecule has 0 spiro atoms. The van der Waals surface area contributed by atoms with E-state index >= 15 is 0 Å². The molecule has 2 aliphatic rings. The topological polar surface area (TPSA) is 89.9 Å². The number of pyridine rings is 1. The van der Waals surface area contributed by atoms with Gasteiger partial charge in [-0.05, 0) is 50.3 Å². The van der Waals surface area contributed by atoms with Crippen LogP contribution in [0.4, 0.5) is 5.95 Å². The van der Waals surface area contributed by atoms with Crippen LogP contribution in [0.2, 0.25) is 0 Å². The summed E-state index contributed by atoms with van der Waals surface area (Å²) in [6, 6.07) is 6.35. The maximum absolute atomic E-state index is 10.1. The lowest BCUT2D eigenvalue weighted by molar-refractivity contribution is -0.549. The second-order valence-corrected chi connectivity index (χ2v) is 7.81. The van der Waals surface area contributed by atoms with E-state index in [0.717, 1.165) is 47.8 Å². The molecule has 0 radical (unpaired) electrons. The van der Waals surface area contributed by atoms with Crippen LogP contribution in [-0.4, -0.2) is 38.5 Å². The highest BCUT2D eigenvalue weighted by molar-refractivity contribution is 5.84. The van der Waals surface area contributed by atoms with E-state index in [-0.39, 0.29) is 6.04 Å². The molecule has 1 fully saturated rings. The van der Waals surface area contributed by atoms with Gasteiger partial charge in [-0.3, -0.25) is 0 Å². The van der Waals surface area contributed by atoms with Gasteiger partial charge in [-0.2, -0.15) is 4.98 Å². The molecule has 8 heteroatoms. The van der Waals surface area contributed by atoms with E-state index < -0.39 is 5.60 Å². The molecule has 1 aliphatic heterocycles. The Labute approximate surface area is 161 Å². The lowest BCUT2D eigenvalue weighted by Gasteiger charge is -2.33. The van der Waals surface area contributed by atoms with Crippen molar-refractivity contribution < 1.29 is 14.1 Å². The fourth-order valence-corrected chi connectivity index (χ4v) is 3.93. The van der Waals surface area contributed by atoms with Crippen molar-refractivity contribution in [2.45, 2.75) is 44.2 Å². The van der Waals surface area contributed by atoms with E-state index in [1.165, 1.54) is 0 Å². The third kappa shape index (κ3) is 2.90. The Hall–Kier alpha value is -3.00. The van der Waals surface area contributed by atoms with Crippen LogP contribution in [0.25, 0.3) is 16.6 Å². The van der Waals surface area contributed by atoms with Gasteiger partial charge < -0.3 is 15.2 Å². The number of nitrogens with one attached hydrogen (secondary N) is 1. The van der Waals surface area contributed by atoms with Crippen molar-refractivity contribution >= 4 is 11.5 Å². The number of nitrogens with zero attached hydrogens (tertiary/aromatic N) is 5. The predicted molar refractivity (Wildman–Crippen MR) is 103 cm³/mol. The van der Waals surface area contributed by atoms with Gasteiger partial charge in [0, 0.05) is 23.9 Å². The summed E-state index contributed by atoms with van der Waals surface area (Å²) < 4.78 is 9.37. The molecule has 3 aromatic rings. The fraction of sp³-hybridized carbons (Fsp3) is 0.400. The van der Waals surface area contributed by atoms with Crippen LogP contribution in [0.15, 0.2) is 35.6 Å². The average molecular weight is 379 g/mol. The summed E-state index contributed by atoms with van der Waals surface area (Å²) in [5.41, 5.74) is 3.23. The molecule has 2 N–H and O–H groups in total. The summed E-state index contributed by atoms with van der Waals surface area (Å²) in [4.78, 5) is 8.86. The van der Waals surface area contributed by atoms with Gasteiger partial charge in [-0.15, -0.1) is 5.10 Å². The molecule has 144 valence electrons. The summed E-state index contributed by atoms with van der Waals surface area (Å²) in [6.07, 6.45) is 9.02. The number of rotatable bonds is 4. The van der Waals surface area contributed by atoms with Crippen LogP contribution >= 0.6 is 0 Å². The normalized spacial score (nSPS) is 23.3. The number of methoxy groups -OCH3 is 1. The lowest BCUT2D eigenvalue weighted by atomic mass is 9.84. The minimum atomic E-state index is -0.560. The predicted octanol–water partition coefficient (Wildman–Crippen LogP) is 1.40. The summed E-state index contributed by atoms with van der Waals surface area (Å²) >= 11 is 0. The summed E-state index contributed by atoms with van der Waals surface area (Å²) in [5, 5.41) is 18.2. The summed E-state index contributed by atoms with van der Waals surface area (Å²) in [6.45, 7) is 1.90. The number of aromatic nitrogens is 4. The van der Waals surface area contributed by atoms with Crippen LogP contribution in [-0.2, 0) is 0 Å². The highest BCUT2D eigenvalue weighted by Gasteiger charge is 2.29. The van der Waals surface area contributed by atoms with Gasteiger partial charge in [0.2, 0.25) is 18.2 Å². The highest BCUT2D eigenvalue weighted by atomic mass is 16.5. The summed E-state index contributed by atoms with van der Waals surface area (Å²) in [5.74, 6) is 1.06. The molecule has 28 heavy (non-hydrogen) atoms. The smallest absolute Gasteiger partial charge is 0.270 e. The molecule has 4 heterocycles. The molecule has 5 rings (SSSR count). The molecule has 3 aromatic heterocycles. The number of aliphatic hydroxyl groups is 1. The molecule has 0 amide bonds. The Balaban J connectivity index is 1.48. The number of anilines is 1. The molecule has 0 saturated heterocycles. The highest BCUT2D eigenvalue weighted by Crippen LogP contribution is 2.32. The van der Waals surface area contributed by atoms with Gasteiger partial charge >= 0.3 is 0 Å². The fourth-order valence-electron chi connectivity index (χ4n) is 3.93. The van der Waals surface area contributed by atoms with Gasteiger partial charge in [0.15, 0.2) is 0 Å². The van der Waals surface area contributed by atoms with Crippen molar-refractivity contribution in [3.8, 4) is 17.0 Å². The van der Waals surface area contributed by atoms with Crippen LogP contribution in [0.5, 0.6) is 5.88 Å². The Kier molecular flexibility index (Phi) is 3.83. The standard InChI is InChI=1S/C20H23N6O2/c1-20(27)7-3-14(4-8-20)22-19-23-18(28-2)17-15(6-10-26(17)24-19)13-5-9-25-12-21-16(25)11-13/h5-6,9-12,14,27H,3-4,7-8H2,1-2H3,(H,22,23,24)/q+1. The van der Waals surface area contributed by atoms with Crippen LogP contribution in [0.1, 0.15) is 32.6 Å². The Bertz CT molecular complexity index is 1170. The van der Waals surface area contributed by atoms with E-state index in [9.17, 15) is 5.11 Å². The monoisotopic (exact) mass is 379 g/mol. The average Bonchev–Trinajstić information content (AvgIpc) is 3.08. The van der Waals surface area contributed by atoms with E-state index in [0.29, 0.717) is 11.8 Å². The molecule has 8 nitrogen and oxygen atoms in total. The molecule has 1 saturated carbocycles. The Morgan fingerprint density at radius 1 is 1.32 bits per heavy atom. The summed E-state index contributed by atoms with van der Waals surface area (Å²) in [7, 11) is 1.62. The maximum Gasteiger partial charge on any atom is 0.270 e. The van der Waals surface area contributed by atoms with Crippen molar-refractivity contribution in [2.75, 3.05) is 12.4 Å². The van der Waals surface area contributed by atoms with E-state index in [2.05, 4.69) is 20.4 Å². The molecule has 0 aromatic carbocycles. The minimum Gasteiger partial charge on any atom is -0.479 e. The largest absolute Gasteiger partial charge is 0.479 e. The molecule has 0 unspecified atom stereocenters. The van der Waals surface area contributed by atoms with Crippen LogP contribution < -0.4 is 19.8 Å². The number of ether oxygens (including phenoxy) is 1. The number of hydrogen-bond donors (Lipinski definition) is 2. The molecule has 0 atom stereocenters. The first-order valence-corrected chi connectivity index (χ1v) is 9.54. The first-order valence-electron chi connectivity index (χ1n) is 9.54. The van der Waals surface area contributed by atoms with Gasteiger partial charge in [-0.25, -0.2) is 8.76 Å². The zero-order chi connectivity index (χ0) is 19.3. The van der Waals surface area contributed by atoms with Gasteiger partial charge in [-0.1, -0.05) is 4.99 Å². The second kappa shape index (κ2) is 6.27. The zero-order valence-corrected chi connectivity index (χ0v) is 16.0. The van der Waals surface area contributed by atoms with Gasteiger partial charge in [0.1, 0.15) is 5.52 Å². The molecular formula is C20H23N6O2+. The third-order valence-electron chi connectivity index (χ3n) is 5.66. The van der Waals surface area contributed by atoms with E-state index in [1.807, 2.05) is 41.8 Å². The van der Waals surface area contributed by atoms with Gasteiger partial charge in [0.25, 0.3) is 5.49 Å². The van der Waals surface area contributed by atoms with Crippen molar-refractivity contribution in [3.63, 3.8) is 0 Å². The van der Waals surface area contributed by atoms with E-state index in [4.69, 9.17) is 4.74 Å². The second-order valence-electron chi connectivity index (χ2n) is 7.81. The first-order chi connectivity index (χ1) is 13.5. The van der Waals surface area contributed by atoms with Gasteiger partial charge in [0.05, 0.1) is 18.9 Å². The number of hydrogen-bond acceptors (Lipinski definition) is 6. The third-order valence-corrected chi connectivity index (χ3v) is 5.66. The van der Waals surface area contributed by atoms with Crippen molar-refractivity contribution in [3.05, 3.63) is 42.4 Å². The SMILES string of the molecule is COc1nc(NC2CCC(C)(O)CC2)nn2ccc(-c3cc[n+]4c(c3)=NC=4)c12. The Morgan fingerprint density at radius 2 is 2.14 bits per heavy atom. The molecule has 0 bridgehead atoms. The van der Waals surface area contributed by atoms with Crippen LogP contribution in [0.3, 0.4) is 0 Å². The number of fused-ring (bicyclic) bond motifs is 2. The Morgan fingerprint density at radius 3 is 2.82 bits per heavy atom. The van der Waals surface area contributed by atoms with E-state index in [1.54, 1.807) is 18.0 Å². The van der Waals surface area contributed by atoms with Crippen molar-refractivity contribution in [1.29, 1.82) is 0 Å². The van der Waals surface area contributed by atoms with Crippen molar-refractivity contribution in [1.82, 2.24) is 14.6 Å². The van der Waals surface area contributed by atoms with Crippen molar-refractivity contribution in [2.24, 2.45) is 4.99 Å². The quantitative estimate of drug-likeness (QED) is 0.669. The zero-order valence-electron chi connectivity index (χ0n) is 16.0. The minimum absolute atomic E-state index is 0.250. The maximum atomic E-state index is 10.1. The van der Waals surface area contributed by atoms with Crippen LogP contribution in [0, 0.1) is 6.34 Å². The molecular weight excluding hydrogens is 356 g/mol. The lowest BCUT2D eigenvalue weighted by Crippen LogP contribution is -2.43. The molecule has 1 aliphatic carbocycles.